The van der Waals surface area contributed by atoms with Crippen LogP contribution in [0.5, 0.6) is 0 Å². The van der Waals surface area contributed by atoms with Gasteiger partial charge in [0.2, 0.25) is 0 Å². The number of aromatic nitrogens is 1. The average Bonchev–Trinajstić information content (AvgIpc) is 3.05. The van der Waals surface area contributed by atoms with Gasteiger partial charge >= 0.3 is 0 Å². The van der Waals surface area contributed by atoms with Gasteiger partial charge in [0.15, 0.2) is 5.78 Å². The topological polar surface area (TPSA) is 73.5 Å². The lowest BCUT2D eigenvalue weighted by atomic mass is 9.93. The number of benzene rings is 1. The summed E-state index contributed by atoms with van der Waals surface area (Å²) in [6.45, 7) is 3.49. The Kier molecular flexibility index (Phi) is 4.75. The number of halogens is 1. The van der Waals surface area contributed by atoms with Crippen LogP contribution in [-0.4, -0.2) is 58.6 Å². The van der Waals surface area contributed by atoms with Crippen molar-refractivity contribution < 1.29 is 18.8 Å². The summed E-state index contributed by atoms with van der Waals surface area (Å²) in [5, 5.41) is 0. The molecular weight excluding hydrogens is 361 g/mol. The number of Topliss-reactive ketones (excluding diaryl/α,β-unsaturated/α-hetero) is 1. The summed E-state index contributed by atoms with van der Waals surface area (Å²) in [7, 11) is 0. The van der Waals surface area contributed by atoms with Crippen LogP contribution >= 0.6 is 0 Å². The predicted octanol–water partition coefficient (Wildman–Crippen LogP) is 2.58. The molecule has 7 heteroatoms. The number of fused-ring (bicyclic) bond motifs is 1. The van der Waals surface area contributed by atoms with Crippen LogP contribution in [0.1, 0.15) is 55.3 Å². The van der Waals surface area contributed by atoms with Gasteiger partial charge in [-0.3, -0.25) is 14.4 Å². The highest BCUT2D eigenvalue weighted by molar-refractivity contribution is 6.04. The SMILES string of the molecule is Cc1c(C(=O)N2CCN(C(=O)c3ccc(F)cc3)CC2)[nH]c2c1C(=O)CCC2. The number of nitrogens with one attached hydrogen (secondary N) is 1. The fourth-order valence-electron chi connectivity index (χ4n) is 4.03. The van der Waals surface area contributed by atoms with E-state index in [1.54, 1.807) is 9.80 Å². The van der Waals surface area contributed by atoms with E-state index in [9.17, 15) is 18.8 Å². The number of rotatable bonds is 2. The zero-order chi connectivity index (χ0) is 19.8. The highest BCUT2D eigenvalue weighted by atomic mass is 19.1. The highest BCUT2D eigenvalue weighted by Crippen LogP contribution is 2.27. The van der Waals surface area contributed by atoms with E-state index in [-0.39, 0.29) is 23.4 Å². The van der Waals surface area contributed by atoms with E-state index >= 15 is 0 Å². The molecule has 2 amide bonds. The highest BCUT2D eigenvalue weighted by Gasteiger charge is 2.30. The summed E-state index contributed by atoms with van der Waals surface area (Å²) in [6, 6.07) is 5.48. The third-order valence-electron chi connectivity index (χ3n) is 5.60. The first-order valence-corrected chi connectivity index (χ1v) is 9.54. The van der Waals surface area contributed by atoms with E-state index in [4.69, 9.17) is 0 Å². The van der Waals surface area contributed by atoms with Crippen LogP contribution in [0.4, 0.5) is 4.39 Å². The monoisotopic (exact) mass is 383 g/mol. The fourth-order valence-corrected chi connectivity index (χ4v) is 4.03. The number of aromatic amines is 1. The Morgan fingerprint density at radius 2 is 1.57 bits per heavy atom. The summed E-state index contributed by atoms with van der Waals surface area (Å²) >= 11 is 0. The van der Waals surface area contributed by atoms with E-state index in [1.165, 1.54) is 24.3 Å². The van der Waals surface area contributed by atoms with E-state index < -0.39 is 0 Å². The molecule has 0 bridgehead atoms. The molecule has 0 spiro atoms. The lowest BCUT2D eigenvalue weighted by Crippen LogP contribution is -2.50. The zero-order valence-electron chi connectivity index (χ0n) is 15.8. The van der Waals surface area contributed by atoms with E-state index in [0.29, 0.717) is 49.4 Å². The van der Waals surface area contributed by atoms with Crippen LogP contribution < -0.4 is 0 Å². The number of amides is 2. The molecule has 1 fully saturated rings. The van der Waals surface area contributed by atoms with Gasteiger partial charge in [0.1, 0.15) is 11.5 Å². The molecule has 146 valence electrons. The molecule has 1 aliphatic heterocycles. The third kappa shape index (κ3) is 3.21. The van der Waals surface area contributed by atoms with Crippen molar-refractivity contribution in [3.05, 3.63) is 58.2 Å². The molecule has 0 atom stereocenters. The number of nitrogens with zero attached hydrogens (tertiary/aromatic N) is 2. The lowest BCUT2D eigenvalue weighted by Gasteiger charge is -2.34. The molecule has 0 radical (unpaired) electrons. The van der Waals surface area contributed by atoms with Gasteiger partial charge < -0.3 is 14.8 Å². The minimum Gasteiger partial charge on any atom is -0.354 e. The number of carbonyl (C=O) groups is 3. The van der Waals surface area contributed by atoms with E-state index in [0.717, 1.165) is 24.1 Å². The number of H-pyrrole nitrogens is 1. The first kappa shape index (κ1) is 18.4. The van der Waals surface area contributed by atoms with Crippen LogP contribution in [0.2, 0.25) is 0 Å². The number of carbonyl (C=O) groups excluding carboxylic acids is 3. The number of hydrogen-bond donors (Lipinski definition) is 1. The molecule has 1 aliphatic carbocycles. The van der Waals surface area contributed by atoms with Crippen molar-refractivity contribution in [1.82, 2.24) is 14.8 Å². The second-order valence-electron chi connectivity index (χ2n) is 7.35. The van der Waals surface area contributed by atoms with Gasteiger partial charge in [0, 0.05) is 49.4 Å². The van der Waals surface area contributed by atoms with Gasteiger partial charge in [0.05, 0.1) is 0 Å². The maximum atomic E-state index is 13.0. The molecule has 2 aliphatic rings. The Bertz CT molecular complexity index is 941. The number of aryl methyl sites for hydroxylation is 1. The van der Waals surface area contributed by atoms with Gasteiger partial charge in [0.25, 0.3) is 11.8 Å². The van der Waals surface area contributed by atoms with Crippen molar-refractivity contribution in [2.24, 2.45) is 0 Å². The largest absolute Gasteiger partial charge is 0.354 e. The maximum Gasteiger partial charge on any atom is 0.270 e. The molecule has 1 aromatic carbocycles. The summed E-state index contributed by atoms with van der Waals surface area (Å²) in [6.07, 6.45) is 2.13. The normalized spacial score (nSPS) is 16.9. The Hall–Kier alpha value is -2.96. The Balaban J connectivity index is 1.44. The molecular formula is C21H22FN3O3. The third-order valence-corrected chi connectivity index (χ3v) is 5.60. The molecule has 1 saturated heterocycles. The molecule has 2 heterocycles. The van der Waals surface area contributed by atoms with Crippen molar-refractivity contribution in [2.75, 3.05) is 26.2 Å². The lowest BCUT2D eigenvalue weighted by molar-refractivity contribution is 0.0532. The number of hydrogen-bond acceptors (Lipinski definition) is 3. The summed E-state index contributed by atoms with van der Waals surface area (Å²) < 4.78 is 13.0. The minimum absolute atomic E-state index is 0.101. The van der Waals surface area contributed by atoms with Crippen molar-refractivity contribution in [3.63, 3.8) is 0 Å². The van der Waals surface area contributed by atoms with Gasteiger partial charge in [-0.1, -0.05) is 0 Å². The summed E-state index contributed by atoms with van der Waals surface area (Å²) in [5.74, 6) is -0.573. The Labute approximate surface area is 162 Å². The quantitative estimate of drug-likeness (QED) is 0.866. The molecule has 1 N–H and O–H groups in total. The molecule has 4 rings (SSSR count). The van der Waals surface area contributed by atoms with Crippen LogP contribution in [-0.2, 0) is 6.42 Å². The second-order valence-corrected chi connectivity index (χ2v) is 7.35. The smallest absolute Gasteiger partial charge is 0.270 e. The van der Waals surface area contributed by atoms with E-state index in [1.807, 2.05) is 6.92 Å². The number of piperazine rings is 1. The van der Waals surface area contributed by atoms with Crippen molar-refractivity contribution in [2.45, 2.75) is 26.2 Å². The predicted molar refractivity (Wildman–Crippen MR) is 101 cm³/mol. The molecule has 1 aromatic heterocycles. The molecule has 0 unspecified atom stereocenters. The van der Waals surface area contributed by atoms with Gasteiger partial charge in [-0.05, 0) is 49.6 Å². The first-order chi connectivity index (χ1) is 13.5. The van der Waals surface area contributed by atoms with Crippen molar-refractivity contribution >= 4 is 17.6 Å². The molecule has 0 saturated carbocycles. The number of ketones is 1. The van der Waals surface area contributed by atoms with Crippen LogP contribution in [0.25, 0.3) is 0 Å². The zero-order valence-corrected chi connectivity index (χ0v) is 15.8. The maximum absolute atomic E-state index is 13.0. The molecule has 28 heavy (non-hydrogen) atoms. The molecule has 6 nitrogen and oxygen atoms in total. The van der Waals surface area contributed by atoms with E-state index in [2.05, 4.69) is 4.98 Å². The van der Waals surface area contributed by atoms with Crippen LogP contribution in [0, 0.1) is 12.7 Å². The van der Waals surface area contributed by atoms with Crippen LogP contribution in [0.15, 0.2) is 24.3 Å². The van der Waals surface area contributed by atoms with Gasteiger partial charge in [-0.15, -0.1) is 0 Å². The Morgan fingerprint density at radius 3 is 2.18 bits per heavy atom. The van der Waals surface area contributed by atoms with Gasteiger partial charge in [-0.2, -0.15) is 0 Å². The minimum atomic E-state index is -0.380. The Morgan fingerprint density at radius 1 is 0.964 bits per heavy atom. The summed E-state index contributed by atoms with van der Waals surface area (Å²) in [4.78, 5) is 44.2. The van der Waals surface area contributed by atoms with Gasteiger partial charge in [-0.25, -0.2) is 4.39 Å². The van der Waals surface area contributed by atoms with Crippen molar-refractivity contribution in [3.8, 4) is 0 Å². The molecule has 2 aromatic rings. The summed E-state index contributed by atoms with van der Waals surface area (Å²) in [5.41, 5.74) is 3.20. The van der Waals surface area contributed by atoms with Crippen molar-refractivity contribution in [1.29, 1.82) is 0 Å². The standard InChI is InChI=1S/C21H22FN3O3/c1-13-18-16(3-2-4-17(18)26)23-19(13)21(28)25-11-9-24(10-12-25)20(27)14-5-7-15(22)8-6-14/h5-8,23H,2-4,9-12H2,1H3. The fraction of sp³-hybridized carbons (Fsp3) is 0.381. The first-order valence-electron chi connectivity index (χ1n) is 9.54. The second kappa shape index (κ2) is 7.22. The van der Waals surface area contributed by atoms with Crippen LogP contribution in [0.3, 0.4) is 0 Å². The average molecular weight is 383 g/mol.